The molecule has 1 aromatic heterocycles. The highest BCUT2D eigenvalue weighted by Gasteiger charge is 2.20. The van der Waals surface area contributed by atoms with E-state index in [1.807, 2.05) is 35.2 Å². The third kappa shape index (κ3) is 5.99. The third-order valence-electron chi connectivity index (χ3n) is 5.32. The fraction of sp³-hybridized carbons (Fsp3) is 0.333. The molecule has 1 N–H and O–H groups in total. The molecule has 1 aliphatic heterocycles. The number of hydrogen-bond acceptors (Lipinski definition) is 5. The van der Waals surface area contributed by atoms with Crippen LogP contribution in [0.25, 0.3) is 0 Å². The predicted octanol–water partition coefficient (Wildman–Crippen LogP) is 4.06. The Bertz CT molecular complexity index is 1040. The molecule has 1 amide bonds. The molecule has 0 saturated carbocycles. The van der Waals surface area contributed by atoms with Crippen molar-refractivity contribution >= 4 is 5.91 Å². The Kier molecular flexibility index (Phi) is 7.24. The van der Waals surface area contributed by atoms with E-state index in [2.05, 4.69) is 10.3 Å². The first-order valence-electron chi connectivity index (χ1n) is 10.6. The zero-order valence-corrected chi connectivity index (χ0v) is 17.6. The van der Waals surface area contributed by atoms with Crippen LogP contribution in [0.5, 0.6) is 0 Å². The Morgan fingerprint density at radius 3 is 2.72 bits per heavy atom. The number of amides is 1. The number of benzene rings is 2. The quantitative estimate of drug-likeness (QED) is 0.542. The minimum atomic E-state index is -0.618. The summed E-state index contributed by atoms with van der Waals surface area (Å²) >= 11 is 0. The molecule has 1 unspecified atom stereocenters. The molecule has 0 aliphatic carbocycles. The van der Waals surface area contributed by atoms with Crippen molar-refractivity contribution in [2.75, 3.05) is 13.2 Å². The van der Waals surface area contributed by atoms with Crippen molar-refractivity contribution in [3.05, 3.63) is 89.1 Å². The van der Waals surface area contributed by atoms with E-state index in [-0.39, 0.29) is 30.8 Å². The van der Waals surface area contributed by atoms with Crippen LogP contribution >= 0.6 is 0 Å². The minimum Gasteiger partial charge on any atom is -0.447 e. The van der Waals surface area contributed by atoms with Crippen molar-refractivity contribution in [3.63, 3.8) is 0 Å². The second-order valence-electron chi connectivity index (χ2n) is 7.84. The first-order chi connectivity index (χ1) is 15.6. The van der Waals surface area contributed by atoms with Gasteiger partial charge in [-0.05, 0) is 24.5 Å². The van der Waals surface area contributed by atoms with E-state index in [0.717, 1.165) is 31.1 Å². The van der Waals surface area contributed by atoms with Gasteiger partial charge in [-0.15, -0.1) is 0 Å². The number of hydrogen-bond donors (Lipinski definition) is 1. The lowest BCUT2D eigenvalue weighted by molar-refractivity contribution is 0.0853. The number of carbonyl (C=O) groups excluding carboxylic acids is 1. The molecule has 4 rings (SSSR count). The Morgan fingerprint density at radius 2 is 1.97 bits per heavy atom. The highest BCUT2D eigenvalue weighted by Crippen LogP contribution is 2.17. The first kappa shape index (κ1) is 22.1. The van der Waals surface area contributed by atoms with E-state index in [0.29, 0.717) is 24.5 Å². The Hall–Kier alpha value is -3.10. The fourth-order valence-electron chi connectivity index (χ4n) is 3.68. The standard InChI is InChI=1S/C24H25F2N3O3/c25-19-9-8-18(21(26)11-19)14-29(13-17-5-2-1-3-6-17)15-23-28-22(16-32-23)24(30)27-12-20-7-4-10-31-20/h1-3,5-6,8-9,11,16,20H,4,7,10,12-15H2,(H,27,30). The van der Waals surface area contributed by atoms with Crippen LogP contribution in [0.3, 0.4) is 0 Å². The largest absolute Gasteiger partial charge is 0.447 e. The summed E-state index contributed by atoms with van der Waals surface area (Å²) in [7, 11) is 0. The van der Waals surface area contributed by atoms with Crippen LogP contribution in [-0.4, -0.2) is 35.0 Å². The van der Waals surface area contributed by atoms with Crippen LogP contribution in [0, 0.1) is 11.6 Å². The van der Waals surface area contributed by atoms with Crippen molar-refractivity contribution in [1.82, 2.24) is 15.2 Å². The minimum absolute atomic E-state index is 0.0392. The Labute approximate surface area is 185 Å². The molecule has 2 heterocycles. The maximum absolute atomic E-state index is 14.2. The second-order valence-corrected chi connectivity index (χ2v) is 7.84. The van der Waals surface area contributed by atoms with E-state index in [1.165, 1.54) is 18.4 Å². The molecular weight excluding hydrogens is 416 g/mol. The highest BCUT2D eigenvalue weighted by molar-refractivity contribution is 5.91. The smallest absolute Gasteiger partial charge is 0.273 e. The molecule has 1 saturated heterocycles. The SMILES string of the molecule is O=C(NCC1CCCO1)c1coc(CN(Cc2ccccc2)Cc2ccc(F)cc2F)n1. The normalized spacial score (nSPS) is 15.9. The molecule has 168 valence electrons. The summed E-state index contributed by atoms with van der Waals surface area (Å²) in [6.07, 6.45) is 3.29. The van der Waals surface area contributed by atoms with Crippen LogP contribution in [-0.2, 0) is 24.4 Å². The number of ether oxygens (including phenoxy) is 1. The van der Waals surface area contributed by atoms with Gasteiger partial charge in [-0.25, -0.2) is 13.8 Å². The summed E-state index contributed by atoms with van der Waals surface area (Å²) in [5.41, 5.74) is 1.57. The molecular formula is C24H25F2N3O3. The van der Waals surface area contributed by atoms with E-state index in [9.17, 15) is 13.6 Å². The zero-order chi connectivity index (χ0) is 22.3. The summed E-state index contributed by atoms with van der Waals surface area (Å²) in [5, 5.41) is 2.81. The average molecular weight is 441 g/mol. The summed E-state index contributed by atoms with van der Waals surface area (Å²) in [6, 6.07) is 13.2. The van der Waals surface area contributed by atoms with Crippen molar-refractivity contribution in [3.8, 4) is 0 Å². The van der Waals surface area contributed by atoms with Crippen molar-refractivity contribution in [2.24, 2.45) is 0 Å². The van der Waals surface area contributed by atoms with Gasteiger partial charge in [0, 0.05) is 37.9 Å². The number of oxazole rings is 1. The highest BCUT2D eigenvalue weighted by atomic mass is 19.1. The molecule has 8 heteroatoms. The Morgan fingerprint density at radius 1 is 1.12 bits per heavy atom. The topological polar surface area (TPSA) is 67.6 Å². The predicted molar refractivity (Wildman–Crippen MR) is 114 cm³/mol. The van der Waals surface area contributed by atoms with Gasteiger partial charge in [0.2, 0.25) is 5.89 Å². The maximum Gasteiger partial charge on any atom is 0.273 e. The van der Waals surface area contributed by atoms with Gasteiger partial charge in [0.15, 0.2) is 5.69 Å². The van der Waals surface area contributed by atoms with Crippen LogP contribution in [0.1, 0.15) is 40.3 Å². The molecule has 1 atom stereocenters. The molecule has 32 heavy (non-hydrogen) atoms. The number of halogens is 2. The van der Waals surface area contributed by atoms with Crippen LogP contribution in [0.4, 0.5) is 8.78 Å². The number of nitrogens with one attached hydrogen (secondary N) is 1. The molecule has 0 spiro atoms. The van der Waals surface area contributed by atoms with E-state index in [4.69, 9.17) is 9.15 Å². The van der Waals surface area contributed by atoms with Gasteiger partial charge >= 0.3 is 0 Å². The molecule has 1 fully saturated rings. The molecule has 2 aromatic carbocycles. The monoisotopic (exact) mass is 441 g/mol. The van der Waals surface area contributed by atoms with Gasteiger partial charge in [-0.1, -0.05) is 36.4 Å². The van der Waals surface area contributed by atoms with Gasteiger partial charge < -0.3 is 14.5 Å². The fourth-order valence-corrected chi connectivity index (χ4v) is 3.68. The molecule has 1 aliphatic rings. The number of aromatic nitrogens is 1. The van der Waals surface area contributed by atoms with Crippen molar-refractivity contribution < 1.29 is 22.7 Å². The lowest BCUT2D eigenvalue weighted by Gasteiger charge is -2.21. The number of carbonyl (C=O) groups is 1. The average Bonchev–Trinajstić information content (AvgIpc) is 3.47. The molecule has 0 bridgehead atoms. The van der Waals surface area contributed by atoms with Crippen LogP contribution in [0.15, 0.2) is 59.2 Å². The van der Waals surface area contributed by atoms with Crippen LogP contribution in [0.2, 0.25) is 0 Å². The summed E-state index contributed by atoms with van der Waals surface area (Å²) in [4.78, 5) is 18.6. The lowest BCUT2D eigenvalue weighted by Crippen LogP contribution is -2.32. The Balaban J connectivity index is 1.43. The second kappa shape index (κ2) is 10.5. The van der Waals surface area contributed by atoms with Crippen molar-refractivity contribution in [1.29, 1.82) is 0 Å². The first-order valence-corrected chi connectivity index (χ1v) is 10.6. The summed E-state index contributed by atoms with van der Waals surface area (Å²) in [6.45, 7) is 2.14. The van der Waals surface area contributed by atoms with Gasteiger partial charge in [0.1, 0.15) is 17.9 Å². The molecule has 3 aromatic rings. The van der Waals surface area contributed by atoms with E-state index in [1.54, 1.807) is 0 Å². The number of rotatable bonds is 9. The third-order valence-corrected chi connectivity index (χ3v) is 5.32. The number of nitrogens with zero attached hydrogens (tertiary/aromatic N) is 2. The van der Waals surface area contributed by atoms with E-state index >= 15 is 0 Å². The van der Waals surface area contributed by atoms with E-state index < -0.39 is 11.6 Å². The summed E-state index contributed by atoms with van der Waals surface area (Å²) < 4.78 is 38.6. The molecule has 0 radical (unpaired) electrons. The zero-order valence-electron chi connectivity index (χ0n) is 17.6. The van der Waals surface area contributed by atoms with Crippen molar-refractivity contribution in [2.45, 2.75) is 38.6 Å². The van der Waals surface area contributed by atoms with Gasteiger partial charge in [-0.2, -0.15) is 0 Å². The van der Waals surface area contributed by atoms with Gasteiger partial charge in [0.05, 0.1) is 12.6 Å². The van der Waals surface area contributed by atoms with Gasteiger partial charge in [0.25, 0.3) is 5.91 Å². The van der Waals surface area contributed by atoms with Gasteiger partial charge in [-0.3, -0.25) is 9.69 Å². The summed E-state index contributed by atoms with van der Waals surface area (Å²) in [5.74, 6) is -1.21. The lowest BCUT2D eigenvalue weighted by atomic mass is 10.1. The van der Waals surface area contributed by atoms with Crippen LogP contribution < -0.4 is 5.32 Å². The molecule has 6 nitrogen and oxygen atoms in total. The maximum atomic E-state index is 14.2.